The molecule has 0 spiro atoms. The van der Waals surface area contributed by atoms with Gasteiger partial charge in [-0.05, 0) is 42.0 Å². The first kappa shape index (κ1) is 15.7. The van der Waals surface area contributed by atoms with Crippen LogP contribution in [0.2, 0.25) is 0 Å². The summed E-state index contributed by atoms with van der Waals surface area (Å²) in [7, 11) is 0. The van der Waals surface area contributed by atoms with Crippen molar-refractivity contribution in [1.82, 2.24) is 5.32 Å². The molecule has 0 aliphatic rings. The molecule has 0 unspecified atom stereocenters. The summed E-state index contributed by atoms with van der Waals surface area (Å²) in [5.41, 5.74) is 1.69. The van der Waals surface area contributed by atoms with Crippen molar-refractivity contribution in [2.24, 2.45) is 0 Å². The van der Waals surface area contributed by atoms with Crippen LogP contribution >= 0.6 is 12.2 Å². The number of aromatic carboxylic acids is 1. The number of carboxylic acids is 1. The van der Waals surface area contributed by atoms with E-state index >= 15 is 0 Å². The highest BCUT2D eigenvalue weighted by atomic mass is 32.1. The van der Waals surface area contributed by atoms with Crippen molar-refractivity contribution in [1.29, 1.82) is 0 Å². The van der Waals surface area contributed by atoms with E-state index in [0.717, 1.165) is 5.56 Å². The Bertz CT molecular complexity index is 684. The van der Waals surface area contributed by atoms with E-state index in [-0.39, 0.29) is 23.0 Å². The molecule has 0 radical (unpaired) electrons. The molecule has 0 fully saturated rings. The van der Waals surface area contributed by atoms with Crippen molar-refractivity contribution in [2.75, 3.05) is 5.32 Å². The summed E-state index contributed by atoms with van der Waals surface area (Å²) in [5, 5.41) is 14.4. The fourth-order valence-corrected chi connectivity index (χ4v) is 2.04. The molecule has 0 heterocycles. The van der Waals surface area contributed by atoms with Gasteiger partial charge in [-0.25, -0.2) is 4.79 Å². The summed E-state index contributed by atoms with van der Waals surface area (Å²) in [4.78, 5) is 22.6. The minimum atomic E-state index is -0.995. The molecule has 2 aromatic rings. The first-order valence-corrected chi connectivity index (χ1v) is 6.93. The molecule has 0 atom stereocenters. The Morgan fingerprint density at radius 3 is 2.23 bits per heavy atom. The van der Waals surface area contributed by atoms with Gasteiger partial charge in [0.2, 0.25) is 5.91 Å². The highest BCUT2D eigenvalue weighted by Crippen LogP contribution is 2.09. The summed E-state index contributed by atoms with van der Waals surface area (Å²) < 4.78 is 0. The van der Waals surface area contributed by atoms with Gasteiger partial charge in [-0.1, -0.05) is 30.3 Å². The van der Waals surface area contributed by atoms with Crippen molar-refractivity contribution >= 4 is 34.9 Å². The van der Waals surface area contributed by atoms with Crippen LogP contribution in [0.3, 0.4) is 0 Å². The summed E-state index contributed by atoms with van der Waals surface area (Å²) in [6, 6.07) is 15.4. The summed E-state index contributed by atoms with van der Waals surface area (Å²) in [6.07, 6.45) is 0.237. The average Bonchev–Trinajstić information content (AvgIpc) is 2.48. The van der Waals surface area contributed by atoms with Gasteiger partial charge in [0.25, 0.3) is 0 Å². The molecular weight excluding hydrogens is 300 g/mol. The van der Waals surface area contributed by atoms with Crippen LogP contribution in [-0.4, -0.2) is 22.1 Å². The van der Waals surface area contributed by atoms with Gasteiger partial charge < -0.3 is 15.7 Å². The second-order valence-corrected chi connectivity index (χ2v) is 4.96. The van der Waals surface area contributed by atoms with Crippen LogP contribution in [0.25, 0.3) is 0 Å². The zero-order chi connectivity index (χ0) is 15.9. The Morgan fingerprint density at radius 2 is 1.64 bits per heavy atom. The summed E-state index contributed by atoms with van der Waals surface area (Å²) >= 11 is 5.05. The van der Waals surface area contributed by atoms with E-state index in [2.05, 4.69) is 10.6 Å². The first-order valence-electron chi connectivity index (χ1n) is 6.53. The number of hydrogen-bond acceptors (Lipinski definition) is 3. The molecule has 0 bridgehead atoms. The molecule has 6 heteroatoms. The van der Waals surface area contributed by atoms with Gasteiger partial charge in [0.15, 0.2) is 5.11 Å². The zero-order valence-corrected chi connectivity index (χ0v) is 12.4. The van der Waals surface area contributed by atoms with Crippen molar-refractivity contribution in [2.45, 2.75) is 6.42 Å². The number of carboxylic acid groups (broad SMARTS) is 1. The van der Waals surface area contributed by atoms with E-state index in [1.807, 2.05) is 30.3 Å². The lowest BCUT2D eigenvalue weighted by Gasteiger charge is -2.09. The van der Waals surface area contributed by atoms with Crippen LogP contribution in [0.5, 0.6) is 0 Å². The number of hydrogen-bond donors (Lipinski definition) is 3. The van der Waals surface area contributed by atoms with Crippen molar-refractivity contribution in [3.8, 4) is 0 Å². The van der Waals surface area contributed by atoms with Gasteiger partial charge in [-0.3, -0.25) is 4.79 Å². The number of anilines is 1. The number of amides is 1. The van der Waals surface area contributed by atoms with Crippen LogP contribution in [0.4, 0.5) is 5.69 Å². The van der Waals surface area contributed by atoms with E-state index in [1.165, 1.54) is 12.1 Å². The van der Waals surface area contributed by atoms with Crippen LogP contribution in [0.1, 0.15) is 15.9 Å². The van der Waals surface area contributed by atoms with Crippen molar-refractivity contribution in [3.05, 3.63) is 65.7 Å². The second-order valence-electron chi connectivity index (χ2n) is 4.55. The molecule has 0 saturated carbocycles. The summed E-state index contributed by atoms with van der Waals surface area (Å²) in [5.74, 6) is -1.21. The molecule has 0 aliphatic heterocycles. The predicted octanol–water partition coefficient (Wildman–Crippen LogP) is 2.44. The van der Waals surface area contributed by atoms with E-state index in [4.69, 9.17) is 17.3 Å². The molecular formula is C16H14N2O3S. The Morgan fingerprint density at radius 1 is 1.00 bits per heavy atom. The predicted molar refractivity (Wildman–Crippen MR) is 87.9 cm³/mol. The van der Waals surface area contributed by atoms with Crippen LogP contribution in [0.15, 0.2) is 54.6 Å². The SMILES string of the molecule is O=C(Cc1ccccc1)NC(=S)Nc1ccc(C(=O)O)cc1. The minimum Gasteiger partial charge on any atom is -0.478 e. The number of nitrogens with one attached hydrogen (secondary N) is 2. The molecule has 22 heavy (non-hydrogen) atoms. The monoisotopic (exact) mass is 314 g/mol. The third-order valence-electron chi connectivity index (χ3n) is 2.85. The molecule has 0 saturated heterocycles. The molecule has 2 aromatic carbocycles. The largest absolute Gasteiger partial charge is 0.478 e. The number of carbonyl (C=O) groups is 2. The zero-order valence-electron chi connectivity index (χ0n) is 11.6. The molecule has 5 nitrogen and oxygen atoms in total. The lowest BCUT2D eigenvalue weighted by Crippen LogP contribution is -2.35. The van der Waals surface area contributed by atoms with Crippen LogP contribution < -0.4 is 10.6 Å². The third kappa shape index (κ3) is 4.68. The fraction of sp³-hybridized carbons (Fsp3) is 0.0625. The van der Waals surface area contributed by atoms with E-state index in [1.54, 1.807) is 12.1 Å². The highest BCUT2D eigenvalue weighted by Gasteiger charge is 2.07. The minimum absolute atomic E-state index is 0.170. The summed E-state index contributed by atoms with van der Waals surface area (Å²) in [6.45, 7) is 0. The molecule has 112 valence electrons. The normalized spacial score (nSPS) is 9.82. The Kier molecular flexibility index (Phi) is 5.21. The smallest absolute Gasteiger partial charge is 0.335 e. The standard InChI is InChI=1S/C16H14N2O3S/c19-14(10-11-4-2-1-3-5-11)18-16(22)17-13-8-6-12(7-9-13)15(20)21/h1-9H,10H2,(H,20,21)(H2,17,18,19,22). The quantitative estimate of drug-likeness (QED) is 0.756. The van der Waals surface area contributed by atoms with Crippen molar-refractivity contribution < 1.29 is 14.7 Å². The second kappa shape index (κ2) is 7.33. The van der Waals surface area contributed by atoms with Gasteiger partial charge in [0.05, 0.1) is 12.0 Å². The lowest BCUT2D eigenvalue weighted by atomic mass is 10.1. The number of rotatable bonds is 4. The van der Waals surface area contributed by atoms with Gasteiger partial charge in [-0.2, -0.15) is 0 Å². The molecule has 3 N–H and O–H groups in total. The molecule has 0 aromatic heterocycles. The number of benzene rings is 2. The number of carbonyl (C=O) groups excluding carboxylic acids is 1. The van der Waals surface area contributed by atoms with Gasteiger partial charge >= 0.3 is 5.97 Å². The highest BCUT2D eigenvalue weighted by molar-refractivity contribution is 7.80. The lowest BCUT2D eigenvalue weighted by molar-refractivity contribution is -0.119. The molecule has 0 aliphatic carbocycles. The topological polar surface area (TPSA) is 78.4 Å². The molecule has 2 rings (SSSR count). The maximum atomic E-state index is 11.8. The Labute approximate surface area is 133 Å². The maximum absolute atomic E-state index is 11.8. The van der Waals surface area contributed by atoms with E-state index < -0.39 is 5.97 Å². The van der Waals surface area contributed by atoms with E-state index in [9.17, 15) is 9.59 Å². The van der Waals surface area contributed by atoms with Gasteiger partial charge in [0, 0.05) is 5.69 Å². The Balaban J connectivity index is 1.87. The van der Waals surface area contributed by atoms with Crippen molar-refractivity contribution in [3.63, 3.8) is 0 Å². The maximum Gasteiger partial charge on any atom is 0.335 e. The van der Waals surface area contributed by atoms with Crippen LogP contribution in [-0.2, 0) is 11.2 Å². The molecule has 1 amide bonds. The Hall–Kier alpha value is -2.73. The van der Waals surface area contributed by atoms with Crippen LogP contribution in [0, 0.1) is 0 Å². The van der Waals surface area contributed by atoms with Gasteiger partial charge in [0.1, 0.15) is 0 Å². The fourth-order valence-electron chi connectivity index (χ4n) is 1.81. The van der Waals surface area contributed by atoms with E-state index in [0.29, 0.717) is 5.69 Å². The van der Waals surface area contributed by atoms with Gasteiger partial charge in [-0.15, -0.1) is 0 Å². The first-order chi connectivity index (χ1) is 10.5. The third-order valence-corrected chi connectivity index (χ3v) is 3.05. The average molecular weight is 314 g/mol. The number of thiocarbonyl (C=S) groups is 1.